The Balaban J connectivity index is 1.83. The monoisotopic (exact) mass is 249 g/mol. The number of rotatable bonds is 4. The third-order valence-corrected chi connectivity index (χ3v) is 3.30. The molecule has 1 aliphatic heterocycles. The first-order valence-electron chi connectivity index (χ1n) is 6.28. The smallest absolute Gasteiger partial charge is 0.307 e. The zero-order valence-electron chi connectivity index (χ0n) is 10.6. The number of anilines is 1. The Bertz CT molecular complexity index is 388. The molecule has 1 aromatic heterocycles. The Labute approximate surface area is 107 Å². The van der Waals surface area contributed by atoms with E-state index >= 15 is 0 Å². The molecule has 0 saturated carbocycles. The number of pyridine rings is 1. The maximum atomic E-state index is 10.8. The molecule has 0 bridgehead atoms. The van der Waals surface area contributed by atoms with E-state index in [0.717, 1.165) is 32.0 Å². The zero-order valence-corrected chi connectivity index (χ0v) is 10.6. The average molecular weight is 249 g/mol. The summed E-state index contributed by atoms with van der Waals surface area (Å²) in [4.78, 5) is 19.6. The van der Waals surface area contributed by atoms with Crippen molar-refractivity contribution in [3.63, 3.8) is 0 Å². The summed E-state index contributed by atoms with van der Waals surface area (Å²) >= 11 is 0. The molecule has 0 unspecified atom stereocenters. The molecule has 2 rings (SSSR count). The molecule has 5 heteroatoms. The number of carboxylic acids is 1. The lowest BCUT2D eigenvalue weighted by Crippen LogP contribution is -2.48. The molecule has 98 valence electrons. The summed E-state index contributed by atoms with van der Waals surface area (Å²) in [5.74, 6) is -0.0167. The third-order valence-electron chi connectivity index (χ3n) is 3.30. The summed E-state index contributed by atoms with van der Waals surface area (Å²) in [5, 5.41) is 8.90. The van der Waals surface area contributed by atoms with Crippen LogP contribution in [0.15, 0.2) is 24.4 Å². The van der Waals surface area contributed by atoms with Crippen molar-refractivity contribution in [1.82, 2.24) is 9.88 Å². The first-order chi connectivity index (χ1) is 8.66. The van der Waals surface area contributed by atoms with Crippen molar-refractivity contribution in [1.29, 1.82) is 0 Å². The standard InChI is InChI=1S/C13H19N3O2/c1-11(13(17)18)10-15-6-8-16(9-7-15)12-4-2-3-5-14-12/h2-5,11H,6-10H2,1H3,(H,17,18)/t11-/m1/s1. The second-order valence-corrected chi connectivity index (χ2v) is 4.71. The van der Waals surface area contributed by atoms with Crippen LogP contribution in [0.3, 0.4) is 0 Å². The number of piperazine rings is 1. The quantitative estimate of drug-likeness (QED) is 0.860. The number of aromatic nitrogens is 1. The molecule has 0 spiro atoms. The maximum absolute atomic E-state index is 10.8. The summed E-state index contributed by atoms with van der Waals surface area (Å²) in [7, 11) is 0. The first kappa shape index (κ1) is 12.8. The van der Waals surface area contributed by atoms with Gasteiger partial charge in [0.15, 0.2) is 0 Å². The van der Waals surface area contributed by atoms with Crippen LogP contribution in [0.1, 0.15) is 6.92 Å². The minimum atomic E-state index is -0.720. The molecular formula is C13H19N3O2. The van der Waals surface area contributed by atoms with Crippen LogP contribution in [-0.4, -0.2) is 53.7 Å². The van der Waals surface area contributed by atoms with Crippen molar-refractivity contribution < 1.29 is 9.90 Å². The number of hydrogen-bond donors (Lipinski definition) is 1. The van der Waals surface area contributed by atoms with Gasteiger partial charge >= 0.3 is 5.97 Å². The third kappa shape index (κ3) is 3.20. The molecule has 1 saturated heterocycles. The molecule has 1 aliphatic rings. The Morgan fingerprint density at radius 2 is 2.11 bits per heavy atom. The van der Waals surface area contributed by atoms with E-state index in [4.69, 9.17) is 5.11 Å². The van der Waals surface area contributed by atoms with Crippen LogP contribution in [0, 0.1) is 5.92 Å². The van der Waals surface area contributed by atoms with Crippen molar-refractivity contribution in [2.45, 2.75) is 6.92 Å². The van der Waals surface area contributed by atoms with Crippen LogP contribution in [0.5, 0.6) is 0 Å². The molecule has 5 nitrogen and oxygen atoms in total. The highest BCUT2D eigenvalue weighted by molar-refractivity contribution is 5.69. The van der Waals surface area contributed by atoms with Crippen LogP contribution in [0.2, 0.25) is 0 Å². The van der Waals surface area contributed by atoms with Gasteiger partial charge < -0.3 is 10.0 Å². The van der Waals surface area contributed by atoms with E-state index in [1.54, 1.807) is 13.1 Å². The van der Waals surface area contributed by atoms with Gasteiger partial charge in [0.25, 0.3) is 0 Å². The molecule has 1 atom stereocenters. The van der Waals surface area contributed by atoms with Crippen molar-refractivity contribution >= 4 is 11.8 Å². The molecule has 0 aliphatic carbocycles. The molecule has 1 aromatic rings. The highest BCUT2D eigenvalue weighted by atomic mass is 16.4. The molecular weight excluding hydrogens is 230 g/mol. The van der Waals surface area contributed by atoms with Gasteiger partial charge in [0.1, 0.15) is 5.82 Å². The lowest BCUT2D eigenvalue weighted by molar-refractivity contribution is -0.141. The molecule has 1 N–H and O–H groups in total. The predicted molar refractivity (Wildman–Crippen MR) is 69.7 cm³/mol. The summed E-state index contributed by atoms with van der Waals surface area (Å²) in [6, 6.07) is 5.91. The maximum Gasteiger partial charge on any atom is 0.307 e. The Morgan fingerprint density at radius 1 is 1.39 bits per heavy atom. The van der Waals surface area contributed by atoms with Gasteiger partial charge in [-0.25, -0.2) is 4.98 Å². The molecule has 1 fully saturated rings. The zero-order chi connectivity index (χ0) is 13.0. The molecule has 2 heterocycles. The van der Waals surface area contributed by atoms with Crippen molar-refractivity contribution in [2.75, 3.05) is 37.6 Å². The Kier molecular flexibility index (Phi) is 4.15. The van der Waals surface area contributed by atoms with Gasteiger partial charge in [-0.1, -0.05) is 13.0 Å². The minimum absolute atomic E-state index is 0.300. The van der Waals surface area contributed by atoms with Gasteiger partial charge in [0.2, 0.25) is 0 Å². The number of carboxylic acid groups (broad SMARTS) is 1. The fourth-order valence-electron chi connectivity index (χ4n) is 2.17. The number of nitrogens with zero attached hydrogens (tertiary/aromatic N) is 3. The van der Waals surface area contributed by atoms with Crippen LogP contribution >= 0.6 is 0 Å². The largest absolute Gasteiger partial charge is 0.481 e. The fraction of sp³-hybridized carbons (Fsp3) is 0.538. The van der Waals surface area contributed by atoms with E-state index in [0.29, 0.717) is 6.54 Å². The SMILES string of the molecule is C[C@H](CN1CCN(c2ccccn2)CC1)C(=O)O. The van der Waals surface area contributed by atoms with Gasteiger partial charge in [-0.3, -0.25) is 9.69 Å². The topological polar surface area (TPSA) is 56.7 Å². The summed E-state index contributed by atoms with van der Waals surface area (Å²) in [5.41, 5.74) is 0. The second kappa shape index (κ2) is 5.82. The van der Waals surface area contributed by atoms with Gasteiger partial charge in [0.05, 0.1) is 5.92 Å². The van der Waals surface area contributed by atoms with E-state index in [2.05, 4.69) is 14.8 Å². The molecule has 0 amide bonds. The van der Waals surface area contributed by atoms with Gasteiger partial charge in [0, 0.05) is 38.9 Å². The van der Waals surface area contributed by atoms with E-state index < -0.39 is 5.97 Å². The van der Waals surface area contributed by atoms with Crippen molar-refractivity contribution in [3.8, 4) is 0 Å². The highest BCUT2D eigenvalue weighted by Gasteiger charge is 2.21. The lowest BCUT2D eigenvalue weighted by atomic mass is 10.1. The van der Waals surface area contributed by atoms with Crippen LogP contribution < -0.4 is 4.90 Å². The highest BCUT2D eigenvalue weighted by Crippen LogP contribution is 2.13. The number of carbonyl (C=O) groups is 1. The molecule has 18 heavy (non-hydrogen) atoms. The van der Waals surface area contributed by atoms with Crippen molar-refractivity contribution in [3.05, 3.63) is 24.4 Å². The van der Waals surface area contributed by atoms with Crippen LogP contribution in [-0.2, 0) is 4.79 Å². The Morgan fingerprint density at radius 3 is 2.67 bits per heavy atom. The lowest BCUT2D eigenvalue weighted by Gasteiger charge is -2.36. The van der Waals surface area contributed by atoms with Crippen molar-refractivity contribution in [2.24, 2.45) is 5.92 Å². The summed E-state index contributed by atoms with van der Waals surface area (Å²) < 4.78 is 0. The van der Waals surface area contributed by atoms with Crippen LogP contribution in [0.25, 0.3) is 0 Å². The number of hydrogen-bond acceptors (Lipinski definition) is 4. The Hall–Kier alpha value is -1.62. The second-order valence-electron chi connectivity index (χ2n) is 4.71. The number of aliphatic carboxylic acids is 1. The van der Waals surface area contributed by atoms with E-state index in [1.165, 1.54) is 0 Å². The van der Waals surface area contributed by atoms with E-state index in [9.17, 15) is 4.79 Å². The molecule has 0 aromatic carbocycles. The summed E-state index contributed by atoms with van der Waals surface area (Å²) in [6.45, 7) is 5.99. The van der Waals surface area contributed by atoms with E-state index in [1.807, 2.05) is 18.2 Å². The average Bonchev–Trinajstić information content (AvgIpc) is 2.40. The van der Waals surface area contributed by atoms with Gasteiger partial charge in [-0.2, -0.15) is 0 Å². The summed E-state index contributed by atoms with van der Waals surface area (Å²) in [6.07, 6.45) is 1.80. The molecule has 0 radical (unpaired) electrons. The van der Waals surface area contributed by atoms with Gasteiger partial charge in [-0.05, 0) is 12.1 Å². The minimum Gasteiger partial charge on any atom is -0.481 e. The predicted octanol–water partition coefficient (Wildman–Crippen LogP) is 0.924. The van der Waals surface area contributed by atoms with Crippen LogP contribution in [0.4, 0.5) is 5.82 Å². The fourth-order valence-corrected chi connectivity index (χ4v) is 2.17. The normalized spacial score (nSPS) is 18.6. The van der Waals surface area contributed by atoms with Gasteiger partial charge in [-0.15, -0.1) is 0 Å². The first-order valence-corrected chi connectivity index (χ1v) is 6.28. The van der Waals surface area contributed by atoms with E-state index in [-0.39, 0.29) is 5.92 Å².